The number of rotatable bonds is 7. The van der Waals surface area contributed by atoms with Gasteiger partial charge in [0.15, 0.2) is 0 Å². The first-order valence-corrected chi connectivity index (χ1v) is 9.59. The molecule has 0 heterocycles. The smallest absolute Gasteiger partial charge is 0.255 e. The van der Waals surface area contributed by atoms with Gasteiger partial charge in [-0.05, 0) is 56.3 Å². The molecule has 0 aliphatic heterocycles. The molecule has 0 spiro atoms. The Hall–Kier alpha value is -2.54. The highest BCUT2D eigenvalue weighted by Gasteiger charge is 2.17. The van der Waals surface area contributed by atoms with Crippen LogP contribution in [0.2, 0.25) is 0 Å². The first-order chi connectivity index (χ1) is 11.9. The number of ether oxygens (including phenoxy) is 1. The molecule has 0 atom stereocenters. The van der Waals surface area contributed by atoms with Gasteiger partial charge in [-0.3, -0.25) is 9.10 Å². The van der Waals surface area contributed by atoms with Crippen molar-refractivity contribution < 1.29 is 17.9 Å². The van der Waals surface area contributed by atoms with E-state index in [2.05, 4.69) is 5.32 Å². The SMILES string of the molecule is CCOc1ccc(NC(=O)c2cccc(N(C)S(=O)(=O)CC)c2)cc1. The summed E-state index contributed by atoms with van der Waals surface area (Å²) in [6, 6.07) is 13.6. The van der Waals surface area contributed by atoms with Crippen molar-refractivity contribution in [3.05, 3.63) is 54.1 Å². The molecule has 25 heavy (non-hydrogen) atoms. The summed E-state index contributed by atoms with van der Waals surface area (Å²) in [6.45, 7) is 4.05. The second kappa shape index (κ2) is 8.02. The number of carbonyl (C=O) groups is 1. The van der Waals surface area contributed by atoms with E-state index >= 15 is 0 Å². The number of hydrogen-bond acceptors (Lipinski definition) is 4. The molecule has 1 amide bonds. The van der Waals surface area contributed by atoms with Crippen molar-refractivity contribution in [2.75, 3.05) is 29.0 Å². The number of amides is 1. The molecule has 0 radical (unpaired) electrons. The highest BCUT2D eigenvalue weighted by atomic mass is 32.2. The third-order valence-electron chi connectivity index (χ3n) is 3.68. The molecule has 2 aromatic carbocycles. The maximum atomic E-state index is 12.4. The lowest BCUT2D eigenvalue weighted by Crippen LogP contribution is -2.28. The van der Waals surface area contributed by atoms with E-state index < -0.39 is 10.0 Å². The Morgan fingerprint density at radius 3 is 2.40 bits per heavy atom. The Labute approximate surface area is 148 Å². The molecule has 134 valence electrons. The average molecular weight is 362 g/mol. The molecule has 7 heteroatoms. The van der Waals surface area contributed by atoms with Crippen LogP contribution >= 0.6 is 0 Å². The molecule has 2 aromatic rings. The van der Waals surface area contributed by atoms with E-state index in [9.17, 15) is 13.2 Å². The average Bonchev–Trinajstić information content (AvgIpc) is 2.63. The fraction of sp³-hybridized carbons (Fsp3) is 0.278. The van der Waals surface area contributed by atoms with E-state index in [-0.39, 0.29) is 11.7 Å². The van der Waals surface area contributed by atoms with Gasteiger partial charge in [0.05, 0.1) is 18.0 Å². The molecule has 1 N–H and O–H groups in total. The van der Waals surface area contributed by atoms with Gasteiger partial charge in [0, 0.05) is 18.3 Å². The molecule has 0 saturated heterocycles. The van der Waals surface area contributed by atoms with Crippen LogP contribution in [0.15, 0.2) is 48.5 Å². The Kier molecular flexibility index (Phi) is 6.03. The van der Waals surface area contributed by atoms with Crippen molar-refractivity contribution in [1.29, 1.82) is 0 Å². The van der Waals surface area contributed by atoms with E-state index in [1.54, 1.807) is 55.5 Å². The zero-order chi connectivity index (χ0) is 18.4. The fourth-order valence-corrected chi connectivity index (χ4v) is 3.02. The van der Waals surface area contributed by atoms with E-state index in [0.717, 1.165) is 5.75 Å². The summed E-state index contributed by atoms with van der Waals surface area (Å²) in [5.41, 5.74) is 1.46. The summed E-state index contributed by atoms with van der Waals surface area (Å²) in [6.07, 6.45) is 0. The van der Waals surface area contributed by atoms with E-state index in [0.29, 0.717) is 23.5 Å². The number of hydrogen-bond donors (Lipinski definition) is 1. The molecule has 0 fully saturated rings. The third kappa shape index (κ3) is 4.73. The molecular formula is C18H22N2O4S. The van der Waals surface area contributed by atoms with Crippen LogP contribution in [0.4, 0.5) is 11.4 Å². The Bertz CT molecular complexity index is 832. The topological polar surface area (TPSA) is 75.7 Å². The first-order valence-electron chi connectivity index (χ1n) is 7.98. The molecule has 0 bridgehead atoms. The van der Waals surface area contributed by atoms with Crippen molar-refractivity contribution in [3.8, 4) is 5.75 Å². The van der Waals surface area contributed by atoms with Crippen molar-refractivity contribution in [2.45, 2.75) is 13.8 Å². The Morgan fingerprint density at radius 2 is 1.80 bits per heavy atom. The maximum Gasteiger partial charge on any atom is 0.255 e. The molecule has 0 unspecified atom stereocenters. The summed E-state index contributed by atoms with van der Waals surface area (Å²) in [7, 11) is -1.90. The van der Waals surface area contributed by atoms with Crippen LogP contribution in [0, 0.1) is 0 Å². The van der Waals surface area contributed by atoms with Crippen molar-refractivity contribution in [1.82, 2.24) is 0 Å². The minimum atomic E-state index is -3.38. The molecule has 0 aliphatic rings. The predicted molar refractivity (Wildman–Crippen MR) is 99.9 cm³/mol. The number of nitrogens with one attached hydrogen (secondary N) is 1. The van der Waals surface area contributed by atoms with E-state index in [1.807, 2.05) is 6.92 Å². The standard InChI is InChI=1S/C18H22N2O4S/c1-4-24-17-11-9-15(10-12-17)19-18(21)14-7-6-8-16(13-14)20(3)25(22,23)5-2/h6-13H,4-5H2,1-3H3,(H,19,21). The van der Waals surface area contributed by atoms with Gasteiger partial charge in [-0.1, -0.05) is 6.07 Å². The predicted octanol–water partition coefficient (Wildman–Crippen LogP) is 3.12. The lowest BCUT2D eigenvalue weighted by molar-refractivity contribution is 0.102. The summed E-state index contributed by atoms with van der Waals surface area (Å²) in [5, 5.41) is 2.78. The van der Waals surface area contributed by atoms with E-state index in [4.69, 9.17) is 4.74 Å². The van der Waals surface area contributed by atoms with Crippen LogP contribution in [-0.2, 0) is 10.0 Å². The summed E-state index contributed by atoms with van der Waals surface area (Å²) >= 11 is 0. The van der Waals surface area contributed by atoms with Crippen molar-refractivity contribution >= 4 is 27.3 Å². The first kappa shape index (κ1) is 18.8. The largest absolute Gasteiger partial charge is 0.494 e. The van der Waals surface area contributed by atoms with Crippen LogP contribution in [0.25, 0.3) is 0 Å². The summed E-state index contributed by atoms with van der Waals surface area (Å²) in [5.74, 6) is 0.411. The zero-order valence-corrected chi connectivity index (χ0v) is 15.3. The van der Waals surface area contributed by atoms with Crippen LogP contribution in [0.1, 0.15) is 24.2 Å². The van der Waals surface area contributed by atoms with Gasteiger partial charge in [-0.2, -0.15) is 0 Å². The number of carbonyl (C=O) groups excluding carboxylic acids is 1. The highest BCUT2D eigenvalue weighted by molar-refractivity contribution is 7.92. The van der Waals surface area contributed by atoms with Gasteiger partial charge in [-0.25, -0.2) is 8.42 Å². The van der Waals surface area contributed by atoms with Gasteiger partial charge >= 0.3 is 0 Å². The fourth-order valence-electron chi connectivity index (χ4n) is 2.20. The molecule has 0 saturated carbocycles. The van der Waals surface area contributed by atoms with Gasteiger partial charge in [0.25, 0.3) is 5.91 Å². The van der Waals surface area contributed by atoms with Crippen LogP contribution in [0.3, 0.4) is 0 Å². The quantitative estimate of drug-likeness (QED) is 0.821. The third-order valence-corrected chi connectivity index (χ3v) is 5.45. The minimum absolute atomic E-state index is 0.00783. The van der Waals surface area contributed by atoms with Crippen molar-refractivity contribution in [3.63, 3.8) is 0 Å². The summed E-state index contributed by atoms with van der Waals surface area (Å²) in [4.78, 5) is 12.4. The van der Waals surface area contributed by atoms with Gasteiger partial charge in [0.1, 0.15) is 5.75 Å². The molecule has 0 aliphatic carbocycles. The van der Waals surface area contributed by atoms with Crippen LogP contribution in [-0.4, -0.2) is 33.7 Å². The lowest BCUT2D eigenvalue weighted by atomic mass is 10.2. The zero-order valence-electron chi connectivity index (χ0n) is 14.5. The lowest BCUT2D eigenvalue weighted by Gasteiger charge is -2.19. The van der Waals surface area contributed by atoms with E-state index in [1.165, 1.54) is 11.4 Å². The Balaban J connectivity index is 2.16. The second-order valence-electron chi connectivity index (χ2n) is 5.33. The van der Waals surface area contributed by atoms with Crippen LogP contribution in [0.5, 0.6) is 5.75 Å². The Morgan fingerprint density at radius 1 is 1.12 bits per heavy atom. The maximum absolute atomic E-state index is 12.4. The summed E-state index contributed by atoms with van der Waals surface area (Å²) < 4.78 is 30.5. The van der Waals surface area contributed by atoms with Gasteiger partial charge in [0.2, 0.25) is 10.0 Å². The van der Waals surface area contributed by atoms with Gasteiger partial charge < -0.3 is 10.1 Å². The molecule has 0 aromatic heterocycles. The minimum Gasteiger partial charge on any atom is -0.494 e. The van der Waals surface area contributed by atoms with Gasteiger partial charge in [-0.15, -0.1) is 0 Å². The molecule has 6 nitrogen and oxygen atoms in total. The normalized spacial score (nSPS) is 11.0. The second-order valence-corrected chi connectivity index (χ2v) is 7.62. The number of anilines is 2. The monoisotopic (exact) mass is 362 g/mol. The number of benzene rings is 2. The number of nitrogens with zero attached hydrogens (tertiary/aromatic N) is 1. The van der Waals surface area contributed by atoms with Crippen molar-refractivity contribution in [2.24, 2.45) is 0 Å². The highest BCUT2D eigenvalue weighted by Crippen LogP contribution is 2.20. The molecular weight excluding hydrogens is 340 g/mol. The number of sulfonamides is 1. The van der Waals surface area contributed by atoms with Crippen LogP contribution < -0.4 is 14.4 Å². The molecule has 2 rings (SSSR count).